The van der Waals surface area contributed by atoms with Crippen molar-refractivity contribution in [3.8, 4) is 0 Å². The molecule has 1 saturated heterocycles. The Morgan fingerprint density at radius 2 is 2.00 bits per heavy atom. The molecule has 0 aromatic heterocycles. The largest absolute Gasteiger partial charge is 0.347 e. The number of nitrogens with one attached hydrogen (secondary N) is 1. The molecule has 1 aliphatic heterocycles. The van der Waals surface area contributed by atoms with Gasteiger partial charge in [-0.1, -0.05) is 39.0 Å². The van der Waals surface area contributed by atoms with E-state index < -0.39 is 0 Å². The van der Waals surface area contributed by atoms with E-state index >= 15 is 0 Å². The third-order valence-electron chi connectivity index (χ3n) is 3.60. The minimum absolute atomic E-state index is 0.0740. The maximum Gasteiger partial charge on any atom is 0.251 e. The summed E-state index contributed by atoms with van der Waals surface area (Å²) >= 11 is 0. The lowest BCUT2D eigenvalue weighted by molar-refractivity contribution is -0.128. The van der Waals surface area contributed by atoms with Crippen molar-refractivity contribution in [2.75, 3.05) is 13.1 Å². The van der Waals surface area contributed by atoms with Crippen molar-refractivity contribution >= 4 is 11.8 Å². The molecule has 1 aromatic rings. The quantitative estimate of drug-likeness (QED) is 0.928. The summed E-state index contributed by atoms with van der Waals surface area (Å²) in [7, 11) is 0. The van der Waals surface area contributed by atoms with Gasteiger partial charge in [-0.25, -0.2) is 0 Å². The highest BCUT2D eigenvalue weighted by atomic mass is 16.2. The zero-order chi connectivity index (χ0) is 15.6. The van der Waals surface area contributed by atoms with Gasteiger partial charge in [0.25, 0.3) is 5.91 Å². The van der Waals surface area contributed by atoms with Crippen LogP contribution in [0.2, 0.25) is 0 Å². The van der Waals surface area contributed by atoms with Crippen LogP contribution in [-0.2, 0) is 4.79 Å². The van der Waals surface area contributed by atoms with Gasteiger partial charge in [-0.05, 0) is 24.0 Å². The third-order valence-corrected chi connectivity index (χ3v) is 3.60. The summed E-state index contributed by atoms with van der Waals surface area (Å²) in [6, 6.07) is 7.41. The SMILES string of the molecule is Cc1ccccc1C(=O)N[C@@H]1CC(=O)N(CC(C)(C)C)C1. The molecule has 21 heavy (non-hydrogen) atoms. The molecule has 1 aromatic carbocycles. The van der Waals surface area contributed by atoms with Crippen LogP contribution in [0, 0.1) is 12.3 Å². The Morgan fingerprint density at radius 3 is 2.62 bits per heavy atom. The second-order valence-electron chi connectivity index (χ2n) is 7.02. The Labute approximate surface area is 126 Å². The van der Waals surface area contributed by atoms with Crippen LogP contribution in [0.15, 0.2) is 24.3 Å². The van der Waals surface area contributed by atoms with Crippen LogP contribution >= 0.6 is 0 Å². The van der Waals surface area contributed by atoms with E-state index in [1.54, 1.807) is 0 Å². The molecule has 1 N–H and O–H groups in total. The van der Waals surface area contributed by atoms with Crippen LogP contribution < -0.4 is 5.32 Å². The fourth-order valence-electron chi connectivity index (χ4n) is 2.69. The van der Waals surface area contributed by atoms with E-state index in [4.69, 9.17) is 0 Å². The number of hydrogen-bond acceptors (Lipinski definition) is 2. The van der Waals surface area contributed by atoms with E-state index in [1.807, 2.05) is 36.1 Å². The van der Waals surface area contributed by atoms with Gasteiger partial charge in [-0.3, -0.25) is 9.59 Å². The minimum Gasteiger partial charge on any atom is -0.347 e. The first kappa shape index (κ1) is 15.5. The average Bonchev–Trinajstić information content (AvgIpc) is 2.67. The fraction of sp³-hybridized carbons (Fsp3) is 0.529. The molecule has 0 bridgehead atoms. The van der Waals surface area contributed by atoms with Crippen LogP contribution in [0.4, 0.5) is 0 Å². The lowest BCUT2D eigenvalue weighted by atomic mass is 9.96. The van der Waals surface area contributed by atoms with E-state index in [-0.39, 0.29) is 23.3 Å². The van der Waals surface area contributed by atoms with Crippen LogP contribution in [0.25, 0.3) is 0 Å². The summed E-state index contributed by atoms with van der Waals surface area (Å²) in [6.45, 7) is 9.58. The van der Waals surface area contributed by atoms with Gasteiger partial charge in [0.1, 0.15) is 0 Å². The molecule has 0 spiro atoms. The van der Waals surface area contributed by atoms with Gasteiger partial charge in [0.15, 0.2) is 0 Å². The topological polar surface area (TPSA) is 49.4 Å². The predicted octanol–water partition coefficient (Wildman–Crippen LogP) is 2.37. The van der Waals surface area contributed by atoms with E-state index in [2.05, 4.69) is 26.1 Å². The van der Waals surface area contributed by atoms with Crippen molar-refractivity contribution in [1.29, 1.82) is 0 Å². The van der Waals surface area contributed by atoms with Crippen molar-refractivity contribution in [3.05, 3.63) is 35.4 Å². The molecule has 1 heterocycles. The molecule has 4 heteroatoms. The second kappa shape index (κ2) is 5.88. The summed E-state index contributed by atoms with van der Waals surface area (Å²) < 4.78 is 0. The Bertz CT molecular complexity index is 546. The molecule has 0 unspecified atom stereocenters. The summed E-state index contributed by atoms with van der Waals surface area (Å²) in [5.74, 6) is 0.0310. The number of carbonyl (C=O) groups is 2. The second-order valence-corrected chi connectivity index (χ2v) is 7.02. The highest BCUT2D eigenvalue weighted by Crippen LogP contribution is 2.20. The summed E-state index contributed by atoms with van der Waals surface area (Å²) in [5.41, 5.74) is 1.70. The predicted molar refractivity (Wildman–Crippen MR) is 83.1 cm³/mol. The molecule has 0 saturated carbocycles. The number of likely N-dealkylation sites (tertiary alicyclic amines) is 1. The molecule has 2 rings (SSSR count). The lowest BCUT2D eigenvalue weighted by Gasteiger charge is -2.26. The number of hydrogen-bond donors (Lipinski definition) is 1. The van der Waals surface area contributed by atoms with Gasteiger partial charge in [0, 0.05) is 25.1 Å². The molecule has 1 atom stereocenters. The zero-order valence-corrected chi connectivity index (χ0v) is 13.3. The molecular weight excluding hydrogens is 264 g/mol. The maximum atomic E-state index is 12.3. The van der Waals surface area contributed by atoms with Gasteiger partial charge >= 0.3 is 0 Å². The van der Waals surface area contributed by atoms with Crippen molar-refractivity contribution in [2.45, 2.75) is 40.2 Å². The van der Waals surface area contributed by atoms with Gasteiger partial charge < -0.3 is 10.2 Å². The van der Waals surface area contributed by atoms with Crippen LogP contribution in [0.5, 0.6) is 0 Å². The van der Waals surface area contributed by atoms with Gasteiger partial charge in [-0.2, -0.15) is 0 Å². The lowest BCUT2D eigenvalue weighted by Crippen LogP contribution is -2.39. The number of aryl methyl sites for hydroxylation is 1. The minimum atomic E-state index is -0.0940. The first-order chi connectivity index (χ1) is 9.76. The smallest absolute Gasteiger partial charge is 0.251 e. The molecule has 114 valence electrons. The number of benzene rings is 1. The van der Waals surface area contributed by atoms with Gasteiger partial charge in [0.05, 0.1) is 6.04 Å². The Kier molecular flexibility index (Phi) is 4.35. The monoisotopic (exact) mass is 288 g/mol. The van der Waals surface area contributed by atoms with Gasteiger partial charge in [0.2, 0.25) is 5.91 Å². The highest BCUT2D eigenvalue weighted by molar-refractivity contribution is 5.96. The van der Waals surface area contributed by atoms with Gasteiger partial charge in [-0.15, -0.1) is 0 Å². The Hall–Kier alpha value is -1.84. The maximum absolute atomic E-state index is 12.3. The van der Waals surface area contributed by atoms with E-state index in [0.717, 1.165) is 12.1 Å². The molecule has 1 fully saturated rings. The molecule has 0 aliphatic carbocycles. The normalized spacial score (nSPS) is 19.0. The summed E-state index contributed by atoms with van der Waals surface area (Å²) in [4.78, 5) is 26.2. The first-order valence-corrected chi connectivity index (χ1v) is 7.40. The Balaban J connectivity index is 1.98. The van der Waals surface area contributed by atoms with Crippen molar-refractivity contribution in [1.82, 2.24) is 10.2 Å². The number of nitrogens with zero attached hydrogens (tertiary/aromatic N) is 1. The van der Waals surface area contributed by atoms with Crippen molar-refractivity contribution in [2.24, 2.45) is 5.41 Å². The number of carbonyl (C=O) groups excluding carboxylic acids is 2. The molecule has 0 radical (unpaired) electrons. The van der Waals surface area contributed by atoms with E-state index in [9.17, 15) is 9.59 Å². The fourth-order valence-corrected chi connectivity index (χ4v) is 2.69. The molecular formula is C17H24N2O2. The third kappa shape index (κ3) is 4.06. The summed E-state index contributed by atoms with van der Waals surface area (Å²) in [6.07, 6.45) is 0.397. The average molecular weight is 288 g/mol. The van der Waals surface area contributed by atoms with Crippen molar-refractivity contribution < 1.29 is 9.59 Å². The zero-order valence-electron chi connectivity index (χ0n) is 13.3. The van der Waals surface area contributed by atoms with E-state index in [1.165, 1.54) is 0 Å². The molecule has 4 nitrogen and oxygen atoms in total. The molecule has 2 amide bonds. The van der Waals surface area contributed by atoms with E-state index in [0.29, 0.717) is 18.5 Å². The molecule has 1 aliphatic rings. The standard InChI is InChI=1S/C17H24N2O2/c1-12-7-5-6-8-14(12)16(21)18-13-9-15(20)19(10-13)11-17(2,3)4/h5-8,13H,9-11H2,1-4H3,(H,18,21)/t13-/m1/s1. The number of amides is 2. The first-order valence-electron chi connectivity index (χ1n) is 7.40. The van der Waals surface area contributed by atoms with Crippen molar-refractivity contribution in [3.63, 3.8) is 0 Å². The summed E-state index contributed by atoms with van der Waals surface area (Å²) in [5, 5.41) is 2.98. The van der Waals surface area contributed by atoms with Crippen LogP contribution in [0.3, 0.4) is 0 Å². The Morgan fingerprint density at radius 1 is 1.33 bits per heavy atom. The highest BCUT2D eigenvalue weighted by Gasteiger charge is 2.32. The van der Waals surface area contributed by atoms with Crippen LogP contribution in [0.1, 0.15) is 43.1 Å². The van der Waals surface area contributed by atoms with Crippen LogP contribution in [-0.4, -0.2) is 35.8 Å². The number of rotatable bonds is 3.